The smallest absolute Gasteiger partial charge is 0.0122 e. The molecule has 30 heavy (non-hydrogen) atoms. The van der Waals surface area contributed by atoms with Crippen LogP contribution in [0.25, 0.3) is 0 Å². The van der Waals surface area contributed by atoms with Crippen LogP contribution in [0.2, 0.25) is 0 Å². The van der Waals surface area contributed by atoms with Gasteiger partial charge in [0.05, 0.1) is 0 Å². The normalized spacial score (nSPS) is 12.7. The summed E-state index contributed by atoms with van der Waals surface area (Å²) in [4.78, 5) is 0. The minimum absolute atomic E-state index is 0. The zero-order valence-corrected chi connectivity index (χ0v) is 22.9. The summed E-state index contributed by atoms with van der Waals surface area (Å²) in [5.41, 5.74) is 0. The van der Waals surface area contributed by atoms with E-state index in [-0.39, 0.29) is 5.48 Å². The first-order valence-electron chi connectivity index (χ1n) is 13.9. The molecule has 0 saturated heterocycles. The van der Waals surface area contributed by atoms with Crippen LogP contribution in [-0.4, -0.2) is 10.6 Å². The van der Waals surface area contributed by atoms with E-state index in [0.717, 1.165) is 5.92 Å². The van der Waals surface area contributed by atoms with Crippen LogP contribution in [0.5, 0.6) is 0 Å². The van der Waals surface area contributed by atoms with E-state index in [4.69, 9.17) is 0 Å². The second kappa shape index (κ2) is 24.0. The molecule has 0 aromatic rings. The molecule has 0 aromatic carbocycles. The Bertz CT molecular complexity index is 310. The molecule has 2 atom stereocenters. The fraction of sp³-hybridized carbons (Fsp3) is 1.00. The van der Waals surface area contributed by atoms with E-state index in [1.165, 1.54) is 141 Å². The van der Waals surface area contributed by atoms with Gasteiger partial charge in [0.2, 0.25) is 0 Å². The second-order valence-corrected chi connectivity index (χ2v) is 11.1. The van der Waals surface area contributed by atoms with E-state index in [1.807, 2.05) is 0 Å². The zero-order chi connectivity index (χ0) is 21.6. The average Bonchev–Trinajstić information content (AvgIpc) is 2.73. The largest absolute Gasteiger partial charge is 0.412 e. The van der Waals surface area contributed by atoms with E-state index in [2.05, 4.69) is 36.9 Å². The molecule has 2 N–H and O–H groups in total. The predicted molar refractivity (Wildman–Crippen MR) is 144 cm³/mol. The minimum Gasteiger partial charge on any atom is -0.412 e. The highest BCUT2D eigenvalue weighted by Gasteiger charge is 2.32. The fourth-order valence-electron chi connectivity index (χ4n) is 4.95. The summed E-state index contributed by atoms with van der Waals surface area (Å²) in [5, 5.41) is 0.527. The van der Waals surface area contributed by atoms with Gasteiger partial charge in [-0.1, -0.05) is 143 Å². The van der Waals surface area contributed by atoms with E-state index < -0.39 is 0 Å². The molecule has 1 nitrogen and oxygen atoms in total. The first-order chi connectivity index (χ1) is 14.1. The summed E-state index contributed by atoms with van der Waals surface area (Å²) < 4.78 is 0. The average molecular weight is 445 g/mol. The van der Waals surface area contributed by atoms with E-state index >= 15 is 0 Å². The number of hydrogen-bond donors (Lipinski definition) is 0. The quantitative estimate of drug-likeness (QED) is 0.111. The summed E-state index contributed by atoms with van der Waals surface area (Å²) >= 11 is 0. The molecule has 0 aliphatic carbocycles. The fourth-order valence-corrected chi connectivity index (χ4v) is 5.69. The van der Waals surface area contributed by atoms with Gasteiger partial charge in [-0.2, -0.15) is 0 Å². The summed E-state index contributed by atoms with van der Waals surface area (Å²) in [6.45, 7) is 9.39. The molecular formula is C28H61OP. The lowest BCUT2D eigenvalue weighted by molar-refractivity contribution is 0.274. The number of unbranched alkanes of at least 4 members (excludes halogenated alkanes) is 14. The van der Waals surface area contributed by atoms with Crippen molar-refractivity contribution in [2.45, 2.75) is 174 Å². The third-order valence-electron chi connectivity index (χ3n) is 7.12. The zero-order valence-electron chi connectivity index (χ0n) is 21.7. The Morgan fingerprint density at radius 3 is 1.20 bits per heavy atom. The molecule has 0 fully saturated rings. The topological polar surface area (TPSA) is 31.5 Å². The lowest BCUT2D eigenvalue weighted by Crippen LogP contribution is -2.32. The molecule has 0 aliphatic rings. The van der Waals surface area contributed by atoms with Crippen molar-refractivity contribution in [1.29, 1.82) is 0 Å². The summed E-state index contributed by atoms with van der Waals surface area (Å²) in [6, 6.07) is 0. The first kappa shape index (κ1) is 32.6. The highest BCUT2D eigenvalue weighted by molar-refractivity contribution is 7.19. The Morgan fingerprint density at radius 1 is 0.467 bits per heavy atom. The van der Waals surface area contributed by atoms with Gasteiger partial charge in [-0.3, -0.25) is 0 Å². The Morgan fingerprint density at radius 2 is 0.800 bits per heavy atom. The molecule has 184 valence electrons. The Labute approximate surface area is 194 Å². The van der Waals surface area contributed by atoms with Crippen LogP contribution >= 0.6 is 9.24 Å². The molecule has 0 spiro atoms. The van der Waals surface area contributed by atoms with Gasteiger partial charge in [0, 0.05) is 0 Å². The van der Waals surface area contributed by atoms with Gasteiger partial charge in [-0.05, 0) is 36.8 Å². The Kier molecular flexibility index (Phi) is 26.1. The SMILES string of the molecule is CCCCCCCCCCCCCCC(CCCC)C(P)(CCCC)CCCC.O. The van der Waals surface area contributed by atoms with Crippen LogP contribution in [0.4, 0.5) is 0 Å². The van der Waals surface area contributed by atoms with Crippen LogP contribution < -0.4 is 0 Å². The van der Waals surface area contributed by atoms with Crippen LogP contribution in [0.1, 0.15) is 169 Å². The second-order valence-electron chi connectivity index (χ2n) is 9.96. The number of hydrogen-bond acceptors (Lipinski definition) is 0. The Hall–Kier alpha value is 0.390. The third kappa shape index (κ3) is 18.0. The highest BCUT2D eigenvalue weighted by Crippen LogP contribution is 2.43. The number of rotatable bonds is 23. The van der Waals surface area contributed by atoms with Crippen molar-refractivity contribution in [2.75, 3.05) is 0 Å². The van der Waals surface area contributed by atoms with Gasteiger partial charge < -0.3 is 5.48 Å². The molecule has 0 aliphatic heterocycles. The van der Waals surface area contributed by atoms with Gasteiger partial charge in [0.1, 0.15) is 0 Å². The molecule has 2 unspecified atom stereocenters. The van der Waals surface area contributed by atoms with E-state index in [9.17, 15) is 0 Å². The molecule has 0 heterocycles. The lowest BCUT2D eigenvalue weighted by atomic mass is 9.77. The summed E-state index contributed by atoms with van der Waals surface area (Å²) in [5.74, 6) is 0.939. The monoisotopic (exact) mass is 444 g/mol. The van der Waals surface area contributed by atoms with Gasteiger partial charge in [-0.25, -0.2) is 0 Å². The molecule has 0 saturated carbocycles. The van der Waals surface area contributed by atoms with Crippen molar-refractivity contribution >= 4 is 9.24 Å². The van der Waals surface area contributed by atoms with Crippen LogP contribution in [0, 0.1) is 5.92 Å². The third-order valence-corrected chi connectivity index (χ3v) is 8.17. The summed E-state index contributed by atoms with van der Waals surface area (Å²) in [6.07, 6.45) is 31.7. The molecule has 2 heteroatoms. The Balaban J connectivity index is 0. The first-order valence-corrected chi connectivity index (χ1v) is 14.5. The van der Waals surface area contributed by atoms with Crippen LogP contribution in [-0.2, 0) is 0 Å². The van der Waals surface area contributed by atoms with E-state index in [0.29, 0.717) is 5.16 Å². The van der Waals surface area contributed by atoms with E-state index in [1.54, 1.807) is 0 Å². The maximum absolute atomic E-state index is 3.39. The van der Waals surface area contributed by atoms with Crippen molar-refractivity contribution in [3.63, 3.8) is 0 Å². The minimum atomic E-state index is 0. The van der Waals surface area contributed by atoms with Gasteiger partial charge >= 0.3 is 0 Å². The molecule has 0 bridgehead atoms. The molecule has 0 radical (unpaired) electrons. The van der Waals surface area contributed by atoms with Crippen molar-refractivity contribution < 1.29 is 5.48 Å². The molecule has 0 rings (SSSR count). The van der Waals surface area contributed by atoms with Crippen LogP contribution in [0.15, 0.2) is 0 Å². The van der Waals surface area contributed by atoms with Crippen LogP contribution in [0.3, 0.4) is 0 Å². The summed E-state index contributed by atoms with van der Waals surface area (Å²) in [7, 11) is 3.39. The highest BCUT2D eigenvalue weighted by atomic mass is 31.0. The lowest BCUT2D eigenvalue weighted by Gasteiger charge is -2.39. The molecule has 0 aromatic heterocycles. The standard InChI is InChI=1S/C28H59P.H2O/c1-5-9-13-14-15-16-17-18-19-20-21-22-24-27(23-10-6-2)28(29,25-11-7-3)26-12-8-4;/h27H,5-26,29H2,1-4H3;1H2. The molecular weight excluding hydrogens is 383 g/mol. The van der Waals surface area contributed by atoms with Gasteiger partial charge in [0.15, 0.2) is 0 Å². The molecule has 0 amide bonds. The maximum Gasteiger partial charge on any atom is -0.0122 e. The van der Waals surface area contributed by atoms with Gasteiger partial charge in [-0.15, -0.1) is 9.24 Å². The predicted octanol–water partition coefficient (Wildman–Crippen LogP) is 10.1. The van der Waals surface area contributed by atoms with Crippen molar-refractivity contribution in [3.8, 4) is 0 Å². The van der Waals surface area contributed by atoms with Gasteiger partial charge in [0.25, 0.3) is 0 Å². The van der Waals surface area contributed by atoms with Crippen molar-refractivity contribution in [2.24, 2.45) is 5.92 Å². The maximum atomic E-state index is 3.39. The van der Waals surface area contributed by atoms with Crippen molar-refractivity contribution in [1.82, 2.24) is 0 Å². The van der Waals surface area contributed by atoms with Crippen molar-refractivity contribution in [3.05, 3.63) is 0 Å².